The molecule has 1 fully saturated rings. The topological polar surface area (TPSA) is 78.5 Å². The second kappa shape index (κ2) is 10.9. The first-order chi connectivity index (χ1) is 14.2. The van der Waals surface area contributed by atoms with Crippen molar-refractivity contribution in [1.29, 1.82) is 0 Å². The highest BCUT2D eigenvalue weighted by Crippen LogP contribution is 2.31. The molecule has 0 saturated carbocycles. The van der Waals surface area contributed by atoms with Gasteiger partial charge in [-0.3, -0.25) is 5.32 Å². The van der Waals surface area contributed by atoms with Gasteiger partial charge in [0.05, 0.1) is 39.5 Å². The van der Waals surface area contributed by atoms with E-state index in [0.29, 0.717) is 28.8 Å². The number of hydrogen-bond acceptors (Lipinski definition) is 4. The zero-order chi connectivity index (χ0) is 22.1. The lowest BCUT2D eigenvalue weighted by atomic mass is 9.97. The SMILES string of the molecule is C[N+]1(C)CCC(COC(=O)Nc2ccc(F)cc2-c2cccc(Cl)c2)CC1.O=C[O-]. The predicted octanol–water partition coefficient (Wildman–Crippen LogP) is 3.55. The molecule has 6 nitrogen and oxygen atoms in total. The zero-order valence-electron chi connectivity index (χ0n) is 17.1. The Bertz CT molecular complexity index is 866. The molecule has 0 aliphatic carbocycles. The van der Waals surface area contributed by atoms with Crippen molar-refractivity contribution in [2.75, 3.05) is 39.1 Å². The highest BCUT2D eigenvalue weighted by molar-refractivity contribution is 6.30. The molecular formula is C22H26ClFN2O4. The third-order valence-corrected chi connectivity index (χ3v) is 5.32. The van der Waals surface area contributed by atoms with Crippen LogP contribution in [0.1, 0.15) is 12.8 Å². The van der Waals surface area contributed by atoms with Crippen molar-refractivity contribution < 1.29 is 28.3 Å². The van der Waals surface area contributed by atoms with Crippen LogP contribution in [0.4, 0.5) is 14.9 Å². The molecule has 2 aromatic rings. The summed E-state index contributed by atoms with van der Waals surface area (Å²) in [5.74, 6) is 0.00866. The minimum absolute atomic E-state index is 0.383. The third-order valence-electron chi connectivity index (χ3n) is 5.09. The van der Waals surface area contributed by atoms with Gasteiger partial charge in [0, 0.05) is 35.8 Å². The number of nitrogens with zero attached hydrogens (tertiary/aromatic N) is 1. The Hall–Kier alpha value is -2.64. The van der Waals surface area contributed by atoms with Crippen LogP contribution in [0.5, 0.6) is 0 Å². The van der Waals surface area contributed by atoms with E-state index < -0.39 is 12.6 Å². The van der Waals surface area contributed by atoms with Crippen LogP contribution in [-0.4, -0.2) is 50.8 Å². The summed E-state index contributed by atoms with van der Waals surface area (Å²) >= 11 is 6.04. The molecule has 1 N–H and O–H groups in total. The van der Waals surface area contributed by atoms with Gasteiger partial charge in [0.2, 0.25) is 0 Å². The Labute approximate surface area is 180 Å². The zero-order valence-corrected chi connectivity index (χ0v) is 17.8. The molecule has 0 atom stereocenters. The second-order valence-electron chi connectivity index (χ2n) is 7.85. The number of anilines is 1. The molecule has 1 aliphatic rings. The lowest BCUT2D eigenvalue weighted by molar-refractivity contribution is -0.896. The van der Waals surface area contributed by atoms with E-state index in [9.17, 15) is 9.18 Å². The maximum Gasteiger partial charge on any atom is 0.411 e. The van der Waals surface area contributed by atoms with Crippen LogP contribution in [0.2, 0.25) is 5.02 Å². The fourth-order valence-electron chi connectivity index (χ4n) is 3.35. The second-order valence-corrected chi connectivity index (χ2v) is 8.28. The molecule has 0 aromatic heterocycles. The Morgan fingerprint density at radius 3 is 2.57 bits per heavy atom. The maximum absolute atomic E-state index is 13.7. The van der Waals surface area contributed by atoms with E-state index in [1.165, 1.54) is 18.2 Å². The summed E-state index contributed by atoms with van der Waals surface area (Å²) in [4.78, 5) is 20.5. The molecule has 0 spiro atoms. The number of benzene rings is 2. The van der Waals surface area contributed by atoms with Gasteiger partial charge in [0.15, 0.2) is 0 Å². The van der Waals surface area contributed by atoms with E-state index in [-0.39, 0.29) is 5.82 Å². The molecule has 0 radical (unpaired) electrons. The van der Waals surface area contributed by atoms with Crippen LogP contribution in [-0.2, 0) is 9.53 Å². The molecule has 1 aliphatic heterocycles. The van der Waals surface area contributed by atoms with Gasteiger partial charge in [0.1, 0.15) is 5.82 Å². The average Bonchev–Trinajstić information content (AvgIpc) is 2.69. The van der Waals surface area contributed by atoms with Crippen LogP contribution in [0.3, 0.4) is 0 Å². The summed E-state index contributed by atoms with van der Waals surface area (Å²) in [5.41, 5.74) is 1.78. The van der Waals surface area contributed by atoms with Crippen molar-refractivity contribution in [2.45, 2.75) is 12.8 Å². The van der Waals surface area contributed by atoms with Crippen molar-refractivity contribution in [3.05, 3.63) is 53.3 Å². The highest BCUT2D eigenvalue weighted by atomic mass is 35.5. The van der Waals surface area contributed by atoms with Crippen LogP contribution >= 0.6 is 11.6 Å². The number of halogens is 2. The van der Waals surface area contributed by atoms with Gasteiger partial charge < -0.3 is 19.1 Å². The number of amides is 1. The number of rotatable bonds is 4. The first-order valence-electron chi connectivity index (χ1n) is 9.61. The van der Waals surface area contributed by atoms with E-state index in [1.807, 2.05) is 6.07 Å². The number of quaternary nitrogens is 1. The Morgan fingerprint density at radius 2 is 1.93 bits per heavy atom. The maximum atomic E-state index is 13.7. The number of likely N-dealkylation sites (tertiary alicyclic amines) is 1. The summed E-state index contributed by atoms with van der Waals surface area (Å²) < 4.78 is 20.2. The number of nitrogens with one attached hydrogen (secondary N) is 1. The van der Waals surface area contributed by atoms with Crippen molar-refractivity contribution in [3.63, 3.8) is 0 Å². The Kier molecular flexibility index (Phi) is 8.62. The molecule has 1 saturated heterocycles. The molecule has 0 unspecified atom stereocenters. The normalized spacial score (nSPS) is 15.5. The molecule has 1 heterocycles. The van der Waals surface area contributed by atoms with Gasteiger partial charge >= 0.3 is 6.09 Å². The minimum Gasteiger partial charge on any atom is -0.554 e. The molecule has 2 aromatic carbocycles. The minimum atomic E-state index is -0.524. The molecule has 1 amide bonds. The number of hydrogen-bond donors (Lipinski definition) is 1. The smallest absolute Gasteiger partial charge is 0.411 e. The first kappa shape index (κ1) is 23.6. The Morgan fingerprint density at radius 1 is 1.27 bits per heavy atom. The largest absolute Gasteiger partial charge is 0.554 e. The molecule has 30 heavy (non-hydrogen) atoms. The number of carbonyl (C=O) groups excluding carboxylic acids is 2. The van der Waals surface area contributed by atoms with E-state index in [4.69, 9.17) is 26.2 Å². The van der Waals surface area contributed by atoms with Gasteiger partial charge in [-0.2, -0.15) is 0 Å². The summed E-state index contributed by atoms with van der Waals surface area (Å²) in [7, 11) is 4.44. The summed E-state index contributed by atoms with van der Waals surface area (Å²) in [6.45, 7) is 2.08. The van der Waals surface area contributed by atoms with Crippen molar-refractivity contribution >= 4 is 29.9 Å². The van der Waals surface area contributed by atoms with Gasteiger partial charge in [-0.15, -0.1) is 0 Å². The van der Waals surface area contributed by atoms with Crippen LogP contribution in [0.25, 0.3) is 11.1 Å². The predicted molar refractivity (Wildman–Crippen MR) is 112 cm³/mol. The molecule has 0 bridgehead atoms. The third kappa shape index (κ3) is 7.31. The fourth-order valence-corrected chi connectivity index (χ4v) is 3.54. The standard InChI is InChI=1S/C21H24ClFN2O2.CH2O2/c1-25(2)10-8-15(9-11-25)14-27-21(26)24-20-7-6-18(23)13-19(20)16-4-3-5-17(22)12-16;2-1-3/h3-7,12-13,15H,8-11,14H2,1-2H3;1H,(H,2,3). The average molecular weight is 437 g/mol. The van der Waals surface area contributed by atoms with E-state index in [0.717, 1.165) is 36.0 Å². The Balaban J connectivity index is 0.00000101. The number of ether oxygens (including phenoxy) is 1. The van der Waals surface area contributed by atoms with Crippen LogP contribution in [0.15, 0.2) is 42.5 Å². The monoisotopic (exact) mass is 436 g/mol. The van der Waals surface area contributed by atoms with E-state index in [1.54, 1.807) is 18.2 Å². The lowest BCUT2D eigenvalue weighted by Crippen LogP contribution is -2.46. The molecular weight excluding hydrogens is 411 g/mol. The highest BCUT2D eigenvalue weighted by Gasteiger charge is 2.27. The summed E-state index contributed by atoms with van der Waals surface area (Å²) in [6.07, 6.45) is 1.57. The van der Waals surface area contributed by atoms with Crippen LogP contribution < -0.4 is 10.4 Å². The number of carbonyl (C=O) groups is 2. The molecule has 3 rings (SSSR count). The van der Waals surface area contributed by atoms with E-state index >= 15 is 0 Å². The van der Waals surface area contributed by atoms with Gasteiger partial charge in [-0.05, 0) is 35.9 Å². The molecule has 162 valence electrons. The number of piperidine rings is 1. The van der Waals surface area contributed by atoms with Crippen molar-refractivity contribution in [1.82, 2.24) is 0 Å². The summed E-state index contributed by atoms with van der Waals surface area (Å²) in [6, 6.07) is 11.3. The van der Waals surface area contributed by atoms with Crippen molar-refractivity contribution in [3.8, 4) is 11.1 Å². The van der Waals surface area contributed by atoms with Gasteiger partial charge in [0.25, 0.3) is 0 Å². The van der Waals surface area contributed by atoms with Gasteiger partial charge in [-0.1, -0.05) is 23.7 Å². The molecule has 8 heteroatoms. The van der Waals surface area contributed by atoms with Crippen molar-refractivity contribution in [2.24, 2.45) is 5.92 Å². The summed E-state index contributed by atoms with van der Waals surface area (Å²) in [5, 5.41) is 11.5. The quantitative estimate of drug-likeness (QED) is 0.587. The van der Waals surface area contributed by atoms with Crippen LogP contribution in [0, 0.1) is 11.7 Å². The number of carboxylic acid groups (broad SMARTS) is 1. The van der Waals surface area contributed by atoms with E-state index in [2.05, 4.69) is 19.4 Å². The van der Waals surface area contributed by atoms with Gasteiger partial charge in [-0.25, -0.2) is 9.18 Å². The first-order valence-corrected chi connectivity index (χ1v) is 9.99. The lowest BCUT2D eigenvalue weighted by Gasteiger charge is -2.36. The fraction of sp³-hybridized carbons (Fsp3) is 0.364.